The first-order chi connectivity index (χ1) is 11.6. The standard InChI is InChI=1S/C19H16BrN3O/c1-23(13-14-6-8-15(20)9-7-14)19(24)11-10-16-12-21-17-4-2-3-5-18(17)22-16/h2-12H,13H2,1H3/b11-10+. The summed E-state index contributed by atoms with van der Waals surface area (Å²) in [6.07, 6.45) is 4.89. The summed E-state index contributed by atoms with van der Waals surface area (Å²) in [5, 5.41) is 0. The quantitative estimate of drug-likeness (QED) is 0.640. The molecular formula is C19H16BrN3O. The van der Waals surface area contributed by atoms with E-state index >= 15 is 0 Å². The van der Waals surface area contributed by atoms with Crippen LogP contribution in [0.3, 0.4) is 0 Å². The highest BCUT2D eigenvalue weighted by Gasteiger charge is 2.06. The number of para-hydroxylation sites is 2. The minimum atomic E-state index is -0.0760. The van der Waals surface area contributed by atoms with Crippen LogP contribution >= 0.6 is 15.9 Å². The second-order valence-corrected chi connectivity index (χ2v) is 6.35. The summed E-state index contributed by atoms with van der Waals surface area (Å²) in [6, 6.07) is 15.6. The number of likely N-dealkylation sites (N-methyl/N-ethyl adjacent to an activating group) is 1. The van der Waals surface area contributed by atoms with Crippen molar-refractivity contribution in [2.45, 2.75) is 6.54 Å². The number of nitrogens with zero attached hydrogens (tertiary/aromatic N) is 3. The maximum Gasteiger partial charge on any atom is 0.246 e. The van der Waals surface area contributed by atoms with E-state index in [1.54, 1.807) is 24.2 Å². The van der Waals surface area contributed by atoms with Crippen LogP contribution in [0, 0.1) is 0 Å². The fourth-order valence-electron chi connectivity index (χ4n) is 2.28. The van der Waals surface area contributed by atoms with Gasteiger partial charge in [0.1, 0.15) is 0 Å². The lowest BCUT2D eigenvalue weighted by Gasteiger charge is -2.15. The van der Waals surface area contributed by atoms with Crippen molar-refractivity contribution in [2.75, 3.05) is 7.05 Å². The number of aromatic nitrogens is 2. The predicted molar refractivity (Wildman–Crippen MR) is 99.2 cm³/mol. The van der Waals surface area contributed by atoms with Crippen molar-refractivity contribution in [1.82, 2.24) is 14.9 Å². The SMILES string of the molecule is CN(Cc1ccc(Br)cc1)C(=O)/C=C/c1cnc2ccccc2n1. The molecule has 0 bridgehead atoms. The van der Waals surface area contributed by atoms with Gasteiger partial charge in [0.2, 0.25) is 5.91 Å². The molecule has 5 heteroatoms. The molecule has 2 aromatic carbocycles. The average molecular weight is 382 g/mol. The molecule has 4 nitrogen and oxygen atoms in total. The van der Waals surface area contributed by atoms with Crippen LogP contribution in [0.1, 0.15) is 11.3 Å². The van der Waals surface area contributed by atoms with Gasteiger partial charge in [0, 0.05) is 24.1 Å². The van der Waals surface area contributed by atoms with Crippen LogP contribution in [0.4, 0.5) is 0 Å². The molecule has 1 heterocycles. The largest absolute Gasteiger partial charge is 0.338 e. The molecule has 24 heavy (non-hydrogen) atoms. The Morgan fingerprint density at radius 2 is 1.83 bits per heavy atom. The highest BCUT2D eigenvalue weighted by atomic mass is 79.9. The molecule has 0 aliphatic rings. The number of hydrogen-bond donors (Lipinski definition) is 0. The van der Waals surface area contributed by atoms with Crippen molar-refractivity contribution < 1.29 is 4.79 Å². The smallest absolute Gasteiger partial charge is 0.246 e. The summed E-state index contributed by atoms with van der Waals surface area (Å²) in [6.45, 7) is 0.555. The molecule has 1 amide bonds. The average Bonchev–Trinajstić information content (AvgIpc) is 2.61. The first-order valence-corrected chi connectivity index (χ1v) is 8.30. The molecule has 0 aliphatic carbocycles. The van der Waals surface area contributed by atoms with Crippen LogP contribution < -0.4 is 0 Å². The lowest BCUT2D eigenvalue weighted by Crippen LogP contribution is -2.24. The fourth-order valence-corrected chi connectivity index (χ4v) is 2.54. The Bertz CT molecular complexity index is 891. The van der Waals surface area contributed by atoms with E-state index in [2.05, 4.69) is 25.9 Å². The highest BCUT2D eigenvalue weighted by molar-refractivity contribution is 9.10. The predicted octanol–water partition coefficient (Wildman–Crippen LogP) is 4.06. The maximum atomic E-state index is 12.2. The molecule has 120 valence electrons. The summed E-state index contributed by atoms with van der Waals surface area (Å²) >= 11 is 3.40. The molecule has 0 aliphatic heterocycles. The summed E-state index contributed by atoms with van der Waals surface area (Å²) in [5.41, 5.74) is 3.40. The minimum Gasteiger partial charge on any atom is -0.338 e. The monoisotopic (exact) mass is 381 g/mol. The van der Waals surface area contributed by atoms with Gasteiger partial charge in [-0.05, 0) is 35.9 Å². The van der Waals surface area contributed by atoms with Gasteiger partial charge in [-0.25, -0.2) is 4.98 Å². The normalized spacial score (nSPS) is 11.1. The van der Waals surface area contributed by atoms with Gasteiger partial charge in [-0.3, -0.25) is 9.78 Å². The Labute approximate surface area is 149 Å². The Balaban J connectivity index is 1.67. The number of amides is 1. The zero-order chi connectivity index (χ0) is 16.9. The second kappa shape index (κ2) is 7.36. The Morgan fingerprint density at radius 1 is 1.12 bits per heavy atom. The van der Waals surface area contributed by atoms with E-state index in [-0.39, 0.29) is 5.91 Å². The van der Waals surface area contributed by atoms with Crippen LogP contribution in [0.25, 0.3) is 17.1 Å². The van der Waals surface area contributed by atoms with Gasteiger partial charge in [0.05, 0.1) is 22.9 Å². The van der Waals surface area contributed by atoms with Gasteiger partial charge in [-0.15, -0.1) is 0 Å². The number of hydrogen-bond acceptors (Lipinski definition) is 3. The summed E-state index contributed by atoms with van der Waals surface area (Å²) in [4.78, 5) is 22.7. The number of rotatable bonds is 4. The molecule has 3 aromatic rings. The summed E-state index contributed by atoms with van der Waals surface area (Å²) < 4.78 is 1.02. The lowest BCUT2D eigenvalue weighted by atomic mass is 10.2. The first-order valence-electron chi connectivity index (χ1n) is 7.51. The number of benzene rings is 2. The fraction of sp³-hybridized carbons (Fsp3) is 0.105. The van der Waals surface area contributed by atoms with E-state index in [4.69, 9.17) is 0 Å². The molecule has 0 radical (unpaired) electrons. The molecule has 0 saturated carbocycles. The van der Waals surface area contributed by atoms with Crippen LogP contribution in [0.5, 0.6) is 0 Å². The van der Waals surface area contributed by atoms with Crippen molar-refractivity contribution in [3.63, 3.8) is 0 Å². The van der Waals surface area contributed by atoms with Gasteiger partial charge in [0.15, 0.2) is 0 Å². The van der Waals surface area contributed by atoms with Crippen LogP contribution in [0.15, 0.2) is 65.3 Å². The van der Waals surface area contributed by atoms with E-state index in [0.717, 1.165) is 21.1 Å². The first kappa shape index (κ1) is 16.3. The Morgan fingerprint density at radius 3 is 2.58 bits per heavy atom. The zero-order valence-corrected chi connectivity index (χ0v) is 14.8. The van der Waals surface area contributed by atoms with Crippen molar-refractivity contribution in [2.24, 2.45) is 0 Å². The Kier molecular flexibility index (Phi) is 5.01. The molecule has 0 spiro atoms. The number of carbonyl (C=O) groups excluding carboxylic acids is 1. The van der Waals surface area contributed by atoms with Crippen molar-refractivity contribution in [3.05, 3.63) is 76.5 Å². The van der Waals surface area contributed by atoms with E-state index in [9.17, 15) is 4.79 Å². The molecule has 0 atom stereocenters. The van der Waals surface area contributed by atoms with Crippen LogP contribution in [0.2, 0.25) is 0 Å². The van der Waals surface area contributed by atoms with Gasteiger partial charge in [-0.1, -0.05) is 40.2 Å². The molecule has 0 fully saturated rings. The van der Waals surface area contributed by atoms with Crippen molar-refractivity contribution in [1.29, 1.82) is 0 Å². The maximum absolute atomic E-state index is 12.2. The van der Waals surface area contributed by atoms with E-state index in [0.29, 0.717) is 12.2 Å². The topological polar surface area (TPSA) is 46.1 Å². The van der Waals surface area contributed by atoms with Gasteiger partial charge < -0.3 is 4.90 Å². The highest BCUT2D eigenvalue weighted by Crippen LogP contribution is 2.12. The minimum absolute atomic E-state index is 0.0760. The van der Waals surface area contributed by atoms with Gasteiger partial charge in [0.25, 0.3) is 0 Å². The summed E-state index contributed by atoms with van der Waals surface area (Å²) in [5.74, 6) is -0.0760. The third-order valence-electron chi connectivity index (χ3n) is 3.57. The van der Waals surface area contributed by atoms with Crippen molar-refractivity contribution in [3.8, 4) is 0 Å². The third-order valence-corrected chi connectivity index (χ3v) is 4.10. The number of carbonyl (C=O) groups is 1. The van der Waals surface area contributed by atoms with E-state index < -0.39 is 0 Å². The van der Waals surface area contributed by atoms with Gasteiger partial charge in [-0.2, -0.15) is 0 Å². The number of fused-ring (bicyclic) bond motifs is 1. The zero-order valence-electron chi connectivity index (χ0n) is 13.2. The molecule has 1 aromatic heterocycles. The van der Waals surface area contributed by atoms with Crippen LogP contribution in [-0.2, 0) is 11.3 Å². The molecule has 3 rings (SSSR count). The molecule has 0 N–H and O–H groups in total. The molecule has 0 saturated heterocycles. The summed E-state index contributed by atoms with van der Waals surface area (Å²) in [7, 11) is 1.78. The molecule has 0 unspecified atom stereocenters. The van der Waals surface area contributed by atoms with E-state index in [1.807, 2.05) is 48.5 Å². The third kappa shape index (κ3) is 4.06. The van der Waals surface area contributed by atoms with Crippen molar-refractivity contribution >= 4 is 38.9 Å². The second-order valence-electron chi connectivity index (χ2n) is 5.44. The van der Waals surface area contributed by atoms with E-state index in [1.165, 1.54) is 6.08 Å². The van der Waals surface area contributed by atoms with Crippen LogP contribution in [-0.4, -0.2) is 27.8 Å². The van der Waals surface area contributed by atoms with Gasteiger partial charge >= 0.3 is 0 Å². The number of halogens is 1. The lowest BCUT2D eigenvalue weighted by molar-refractivity contribution is -0.125. The Hall–Kier alpha value is -2.53. The molecular weight excluding hydrogens is 366 g/mol.